The van der Waals surface area contributed by atoms with E-state index in [9.17, 15) is 9.59 Å². The SMILES string of the molecule is CC(C)(C)NC(=O)CNCc1cc(C(N)=O)cs1. The summed E-state index contributed by atoms with van der Waals surface area (Å²) in [5.74, 6) is -0.475. The van der Waals surface area contributed by atoms with Crippen LogP contribution in [-0.2, 0) is 11.3 Å². The van der Waals surface area contributed by atoms with Gasteiger partial charge in [-0.15, -0.1) is 11.3 Å². The number of carbonyl (C=O) groups excluding carboxylic acids is 2. The van der Waals surface area contributed by atoms with Crippen LogP contribution in [0.25, 0.3) is 0 Å². The second kappa shape index (κ2) is 5.97. The Morgan fingerprint density at radius 1 is 1.39 bits per heavy atom. The van der Waals surface area contributed by atoms with Gasteiger partial charge in [-0.25, -0.2) is 0 Å². The van der Waals surface area contributed by atoms with Gasteiger partial charge in [-0.2, -0.15) is 0 Å². The molecule has 5 nitrogen and oxygen atoms in total. The zero-order valence-corrected chi connectivity index (χ0v) is 11.7. The lowest BCUT2D eigenvalue weighted by Crippen LogP contribution is -2.44. The summed E-state index contributed by atoms with van der Waals surface area (Å²) in [4.78, 5) is 23.4. The van der Waals surface area contributed by atoms with Crippen molar-refractivity contribution >= 4 is 23.2 Å². The van der Waals surface area contributed by atoms with Crippen molar-refractivity contribution in [3.8, 4) is 0 Å². The van der Waals surface area contributed by atoms with Gasteiger partial charge in [0.1, 0.15) is 0 Å². The highest BCUT2D eigenvalue weighted by atomic mass is 32.1. The third kappa shape index (κ3) is 5.29. The highest BCUT2D eigenvalue weighted by molar-refractivity contribution is 7.10. The molecule has 100 valence electrons. The first-order valence-electron chi connectivity index (χ1n) is 5.67. The van der Waals surface area contributed by atoms with Crippen LogP contribution in [-0.4, -0.2) is 23.9 Å². The molecule has 2 amide bonds. The van der Waals surface area contributed by atoms with Crippen LogP contribution in [0.4, 0.5) is 0 Å². The van der Waals surface area contributed by atoms with E-state index in [0.29, 0.717) is 12.1 Å². The van der Waals surface area contributed by atoms with E-state index in [0.717, 1.165) is 4.88 Å². The van der Waals surface area contributed by atoms with Crippen molar-refractivity contribution < 1.29 is 9.59 Å². The van der Waals surface area contributed by atoms with Crippen LogP contribution < -0.4 is 16.4 Å². The van der Waals surface area contributed by atoms with Crippen LogP contribution in [0, 0.1) is 0 Å². The zero-order valence-electron chi connectivity index (χ0n) is 10.9. The van der Waals surface area contributed by atoms with Crippen LogP contribution in [0.15, 0.2) is 11.4 Å². The molecule has 0 aliphatic carbocycles. The van der Waals surface area contributed by atoms with Gasteiger partial charge < -0.3 is 16.4 Å². The molecular formula is C12H19N3O2S. The molecule has 1 heterocycles. The summed E-state index contributed by atoms with van der Waals surface area (Å²) in [6.45, 7) is 6.60. The molecule has 0 saturated carbocycles. The average molecular weight is 269 g/mol. The van der Waals surface area contributed by atoms with Crippen molar-refractivity contribution in [2.45, 2.75) is 32.9 Å². The normalized spacial score (nSPS) is 11.3. The van der Waals surface area contributed by atoms with E-state index in [1.807, 2.05) is 20.8 Å². The lowest BCUT2D eigenvalue weighted by molar-refractivity contribution is -0.121. The third-order valence-corrected chi connectivity index (χ3v) is 2.97. The second-order valence-corrected chi connectivity index (χ2v) is 6.06. The standard InChI is InChI=1S/C12H19N3O2S/c1-12(2,3)15-10(16)6-14-5-9-4-8(7-18-9)11(13)17/h4,7,14H,5-6H2,1-3H3,(H2,13,17)(H,15,16). The van der Waals surface area contributed by atoms with E-state index in [1.54, 1.807) is 11.4 Å². The first-order chi connectivity index (χ1) is 8.28. The molecule has 4 N–H and O–H groups in total. The van der Waals surface area contributed by atoms with Crippen LogP contribution in [0.3, 0.4) is 0 Å². The Kier molecular flexibility index (Phi) is 4.86. The van der Waals surface area contributed by atoms with E-state index in [-0.39, 0.29) is 18.0 Å². The number of carbonyl (C=O) groups is 2. The molecule has 0 spiro atoms. The van der Waals surface area contributed by atoms with Gasteiger partial charge in [-0.05, 0) is 26.8 Å². The lowest BCUT2D eigenvalue weighted by Gasteiger charge is -2.20. The molecule has 0 aliphatic rings. The van der Waals surface area contributed by atoms with Crippen molar-refractivity contribution in [3.05, 3.63) is 21.9 Å². The van der Waals surface area contributed by atoms with E-state index in [2.05, 4.69) is 10.6 Å². The van der Waals surface area contributed by atoms with Crippen LogP contribution >= 0.6 is 11.3 Å². The fourth-order valence-corrected chi connectivity index (χ4v) is 2.21. The van der Waals surface area contributed by atoms with E-state index in [4.69, 9.17) is 5.73 Å². The van der Waals surface area contributed by atoms with Gasteiger partial charge in [0.2, 0.25) is 11.8 Å². The van der Waals surface area contributed by atoms with Gasteiger partial charge in [-0.1, -0.05) is 0 Å². The minimum atomic E-state index is -0.428. The van der Waals surface area contributed by atoms with Crippen molar-refractivity contribution in [3.63, 3.8) is 0 Å². The van der Waals surface area contributed by atoms with Gasteiger partial charge in [-0.3, -0.25) is 9.59 Å². The number of nitrogens with two attached hydrogens (primary N) is 1. The Morgan fingerprint density at radius 3 is 2.56 bits per heavy atom. The molecule has 1 rings (SSSR count). The van der Waals surface area contributed by atoms with E-state index >= 15 is 0 Å². The summed E-state index contributed by atoms with van der Waals surface area (Å²) in [7, 11) is 0. The van der Waals surface area contributed by atoms with Crippen molar-refractivity contribution in [1.82, 2.24) is 10.6 Å². The fraction of sp³-hybridized carbons (Fsp3) is 0.500. The molecule has 0 bridgehead atoms. The Hall–Kier alpha value is -1.40. The number of hydrogen-bond acceptors (Lipinski definition) is 4. The first kappa shape index (κ1) is 14.7. The maximum atomic E-state index is 11.5. The molecule has 6 heteroatoms. The third-order valence-electron chi connectivity index (χ3n) is 2.04. The van der Waals surface area contributed by atoms with Gasteiger partial charge in [0.25, 0.3) is 0 Å². The predicted molar refractivity (Wildman–Crippen MR) is 72.4 cm³/mol. The average Bonchev–Trinajstić information content (AvgIpc) is 2.63. The number of nitrogens with one attached hydrogen (secondary N) is 2. The summed E-state index contributed by atoms with van der Waals surface area (Å²) in [6.07, 6.45) is 0. The smallest absolute Gasteiger partial charge is 0.249 e. The van der Waals surface area contributed by atoms with Crippen LogP contribution in [0.2, 0.25) is 0 Å². The molecule has 0 radical (unpaired) electrons. The predicted octanol–water partition coefficient (Wildman–Crippen LogP) is 0.851. The monoisotopic (exact) mass is 269 g/mol. The molecule has 1 aromatic rings. The maximum Gasteiger partial charge on any atom is 0.249 e. The largest absolute Gasteiger partial charge is 0.366 e. The van der Waals surface area contributed by atoms with Gasteiger partial charge in [0.15, 0.2) is 0 Å². The number of thiophene rings is 1. The zero-order chi connectivity index (χ0) is 13.8. The van der Waals surface area contributed by atoms with E-state index < -0.39 is 5.91 Å². The summed E-state index contributed by atoms with van der Waals surface area (Å²) >= 11 is 1.45. The van der Waals surface area contributed by atoms with Crippen LogP contribution in [0.5, 0.6) is 0 Å². The van der Waals surface area contributed by atoms with Gasteiger partial charge in [0.05, 0.1) is 12.1 Å². The topological polar surface area (TPSA) is 84.2 Å². The van der Waals surface area contributed by atoms with Gasteiger partial charge in [0, 0.05) is 22.3 Å². The molecule has 0 fully saturated rings. The number of primary amides is 1. The second-order valence-electron chi connectivity index (χ2n) is 5.07. The Bertz CT molecular complexity index is 435. The Morgan fingerprint density at radius 2 is 2.06 bits per heavy atom. The maximum absolute atomic E-state index is 11.5. The number of amides is 2. The van der Waals surface area contributed by atoms with Crippen LogP contribution in [0.1, 0.15) is 36.0 Å². The quantitative estimate of drug-likeness (QED) is 0.741. The minimum Gasteiger partial charge on any atom is -0.366 e. The summed E-state index contributed by atoms with van der Waals surface area (Å²) in [5, 5.41) is 7.60. The summed E-state index contributed by atoms with van der Waals surface area (Å²) < 4.78 is 0. The first-order valence-corrected chi connectivity index (χ1v) is 6.55. The molecule has 1 aromatic heterocycles. The summed E-state index contributed by atoms with van der Waals surface area (Å²) in [5.41, 5.74) is 5.45. The Balaban J connectivity index is 2.33. The van der Waals surface area contributed by atoms with Gasteiger partial charge >= 0.3 is 0 Å². The molecular weight excluding hydrogens is 250 g/mol. The minimum absolute atomic E-state index is 0.0471. The highest BCUT2D eigenvalue weighted by Crippen LogP contribution is 2.13. The van der Waals surface area contributed by atoms with Crippen molar-refractivity contribution in [2.75, 3.05) is 6.54 Å². The van der Waals surface area contributed by atoms with Crippen molar-refractivity contribution in [1.29, 1.82) is 0 Å². The lowest BCUT2D eigenvalue weighted by atomic mass is 10.1. The molecule has 0 unspecified atom stereocenters. The molecule has 0 atom stereocenters. The fourth-order valence-electron chi connectivity index (χ4n) is 1.36. The number of rotatable bonds is 5. The molecule has 18 heavy (non-hydrogen) atoms. The van der Waals surface area contributed by atoms with Crippen molar-refractivity contribution in [2.24, 2.45) is 5.73 Å². The molecule has 0 aliphatic heterocycles. The van der Waals surface area contributed by atoms with E-state index in [1.165, 1.54) is 11.3 Å². The number of hydrogen-bond donors (Lipinski definition) is 3. The highest BCUT2D eigenvalue weighted by Gasteiger charge is 2.13. The summed E-state index contributed by atoms with van der Waals surface area (Å²) in [6, 6.07) is 1.74. The molecule has 0 saturated heterocycles. The Labute approximate surface area is 111 Å². The molecule has 0 aromatic carbocycles.